The molecule has 2 fully saturated rings. The summed E-state index contributed by atoms with van der Waals surface area (Å²) in [4.78, 5) is 17.0. The van der Waals surface area contributed by atoms with Crippen molar-refractivity contribution < 1.29 is 9.53 Å². The van der Waals surface area contributed by atoms with E-state index >= 15 is 0 Å². The molecule has 154 valence electrons. The highest BCUT2D eigenvalue weighted by atomic mass is 16.5. The highest BCUT2D eigenvalue weighted by Gasteiger charge is 2.45. The Hall–Kier alpha value is -2.21. The Morgan fingerprint density at radius 2 is 1.66 bits per heavy atom. The zero-order valence-electron chi connectivity index (χ0n) is 17.2. The maximum atomic E-state index is 12.5. The van der Waals surface area contributed by atoms with Crippen LogP contribution in [0.1, 0.15) is 24.0 Å². The molecule has 5 nitrogen and oxygen atoms in total. The summed E-state index contributed by atoms with van der Waals surface area (Å²) in [5.41, 5.74) is 2.49. The van der Waals surface area contributed by atoms with E-state index in [9.17, 15) is 4.79 Å². The first-order valence-corrected chi connectivity index (χ1v) is 10.6. The third kappa shape index (κ3) is 4.86. The van der Waals surface area contributed by atoms with E-state index in [1.54, 1.807) is 0 Å². The number of ether oxygens (including phenoxy) is 1. The van der Waals surface area contributed by atoms with E-state index in [1.807, 2.05) is 35.2 Å². The summed E-state index contributed by atoms with van der Waals surface area (Å²) in [6, 6.07) is 21.1. The number of carbonyl (C=O) groups is 1. The van der Waals surface area contributed by atoms with Gasteiger partial charge >= 0.3 is 0 Å². The van der Waals surface area contributed by atoms with Crippen molar-refractivity contribution >= 4 is 5.91 Å². The highest BCUT2D eigenvalue weighted by Crippen LogP contribution is 2.31. The Morgan fingerprint density at radius 1 is 1.03 bits per heavy atom. The molecule has 0 radical (unpaired) electrons. The van der Waals surface area contributed by atoms with Crippen molar-refractivity contribution in [2.75, 3.05) is 33.3 Å². The Balaban J connectivity index is 1.24. The van der Waals surface area contributed by atoms with Crippen molar-refractivity contribution in [3.05, 3.63) is 71.8 Å². The van der Waals surface area contributed by atoms with E-state index in [0.717, 1.165) is 44.5 Å². The number of nitrogens with one attached hydrogen (secondary N) is 1. The van der Waals surface area contributed by atoms with E-state index < -0.39 is 0 Å². The van der Waals surface area contributed by atoms with Gasteiger partial charge in [0.2, 0.25) is 5.91 Å². The molecule has 1 amide bonds. The smallest absolute Gasteiger partial charge is 0.248 e. The average molecular weight is 394 g/mol. The second-order valence-electron chi connectivity index (χ2n) is 8.30. The largest absolute Gasteiger partial charge is 0.367 e. The molecule has 2 heterocycles. The first-order valence-electron chi connectivity index (χ1n) is 10.6. The predicted octanol–water partition coefficient (Wildman–Crippen LogP) is 2.67. The fraction of sp³-hybridized carbons (Fsp3) is 0.458. The summed E-state index contributed by atoms with van der Waals surface area (Å²) < 4.78 is 5.64. The lowest BCUT2D eigenvalue weighted by molar-refractivity contribution is -0.139. The van der Waals surface area contributed by atoms with Gasteiger partial charge in [-0.3, -0.25) is 15.0 Å². The SMILES string of the molecule is CN1CC(Cc2ccccc2)NC12CCN(C(=O)COCc1ccccc1)CC2. The van der Waals surface area contributed by atoms with Crippen LogP contribution >= 0.6 is 0 Å². The summed E-state index contributed by atoms with van der Waals surface area (Å²) in [5, 5.41) is 3.89. The number of rotatable bonds is 6. The third-order valence-corrected chi connectivity index (χ3v) is 6.30. The topological polar surface area (TPSA) is 44.8 Å². The zero-order chi connectivity index (χ0) is 20.1. The van der Waals surface area contributed by atoms with E-state index in [4.69, 9.17) is 4.74 Å². The van der Waals surface area contributed by atoms with E-state index in [-0.39, 0.29) is 18.2 Å². The molecule has 2 aliphatic heterocycles. The number of likely N-dealkylation sites (tertiary alicyclic amines) is 1. The Labute approximate surface area is 173 Å². The molecule has 5 heteroatoms. The summed E-state index contributed by atoms with van der Waals surface area (Å²) in [6.45, 7) is 3.24. The van der Waals surface area contributed by atoms with Crippen LogP contribution in [-0.4, -0.2) is 60.7 Å². The molecule has 29 heavy (non-hydrogen) atoms. The quantitative estimate of drug-likeness (QED) is 0.820. The predicted molar refractivity (Wildman–Crippen MR) is 114 cm³/mol. The molecule has 0 saturated carbocycles. The summed E-state index contributed by atoms with van der Waals surface area (Å²) in [6.07, 6.45) is 2.96. The highest BCUT2D eigenvalue weighted by molar-refractivity contribution is 5.77. The van der Waals surface area contributed by atoms with Gasteiger partial charge in [0.1, 0.15) is 6.61 Å². The third-order valence-electron chi connectivity index (χ3n) is 6.30. The second-order valence-corrected chi connectivity index (χ2v) is 8.30. The number of piperidine rings is 1. The van der Waals surface area contributed by atoms with Crippen LogP contribution in [0.2, 0.25) is 0 Å². The maximum Gasteiger partial charge on any atom is 0.248 e. The molecule has 1 atom stereocenters. The molecule has 1 N–H and O–H groups in total. The lowest BCUT2D eigenvalue weighted by Gasteiger charge is -2.43. The molecule has 2 saturated heterocycles. The van der Waals surface area contributed by atoms with Crippen molar-refractivity contribution in [1.29, 1.82) is 0 Å². The first-order chi connectivity index (χ1) is 14.1. The summed E-state index contributed by atoms with van der Waals surface area (Å²) in [5.74, 6) is 0.0947. The minimum atomic E-state index is 0.0150. The Kier molecular flexibility index (Phi) is 6.28. The van der Waals surface area contributed by atoms with Crippen LogP contribution in [0.15, 0.2) is 60.7 Å². The number of benzene rings is 2. The van der Waals surface area contributed by atoms with E-state index in [1.165, 1.54) is 5.56 Å². The van der Waals surface area contributed by atoms with Gasteiger partial charge in [0.25, 0.3) is 0 Å². The monoisotopic (exact) mass is 393 g/mol. The number of likely N-dealkylation sites (N-methyl/N-ethyl adjacent to an activating group) is 1. The van der Waals surface area contributed by atoms with Crippen LogP contribution in [0.3, 0.4) is 0 Å². The van der Waals surface area contributed by atoms with E-state index in [0.29, 0.717) is 12.6 Å². The number of carbonyl (C=O) groups excluding carboxylic acids is 1. The molecule has 2 aromatic carbocycles. The minimum absolute atomic E-state index is 0.0150. The van der Waals surface area contributed by atoms with Gasteiger partial charge in [-0.2, -0.15) is 0 Å². The van der Waals surface area contributed by atoms with E-state index in [2.05, 4.69) is 47.6 Å². The standard InChI is InChI=1S/C24H31N3O2/c1-26-17-22(16-20-8-4-2-5-9-20)25-24(26)12-14-27(15-13-24)23(28)19-29-18-21-10-6-3-7-11-21/h2-11,22,25H,12-19H2,1H3. The fourth-order valence-corrected chi connectivity index (χ4v) is 4.63. The van der Waals surface area contributed by atoms with Crippen molar-refractivity contribution in [2.24, 2.45) is 0 Å². The van der Waals surface area contributed by atoms with Crippen LogP contribution in [0, 0.1) is 0 Å². The van der Waals surface area contributed by atoms with Gasteiger partial charge in [0.05, 0.1) is 12.3 Å². The Bertz CT molecular complexity index is 788. The van der Waals surface area contributed by atoms with Crippen LogP contribution in [0.4, 0.5) is 0 Å². The molecule has 2 aromatic rings. The van der Waals surface area contributed by atoms with Crippen LogP contribution in [0.25, 0.3) is 0 Å². The van der Waals surface area contributed by atoms with Gasteiger partial charge in [-0.05, 0) is 37.4 Å². The summed E-state index contributed by atoms with van der Waals surface area (Å²) in [7, 11) is 2.21. The number of hydrogen-bond donors (Lipinski definition) is 1. The zero-order valence-corrected chi connectivity index (χ0v) is 17.2. The normalized spacial score (nSPS) is 21.6. The molecule has 1 spiro atoms. The van der Waals surface area contributed by atoms with Gasteiger partial charge in [0, 0.05) is 25.7 Å². The number of nitrogens with zero attached hydrogens (tertiary/aromatic N) is 2. The van der Waals surface area contributed by atoms with Crippen LogP contribution < -0.4 is 5.32 Å². The van der Waals surface area contributed by atoms with Crippen LogP contribution in [-0.2, 0) is 22.6 Å². The van der Waals surface area contributed by atoms with Gasteiger partial charge in [-0.25, -0.2) is 0 Å². The fourth-order valence-electron chi connectivity index (χ4n) is 4.63. The lowest BCUT2D eigenvalue weighted by Crippen LogP contribution is -2.58. The van der Waals surface area contributed by atoms with Gasteiger partial charge in [-0.15, -0.1) is 0 Å². The first kappa shape index (κ1) is 20.1. The van der Waals surface area contributed by atoms with Crippen molar-refractivity contribution in [2.45, 2.75) is 37.6 Å². The molecule has 0 bridgehead atoms. The van der Waals surface area contributed by atoms with Crippen molar-refractivity contribution in [1.82, 2.24) is 15.1 Å². The minimum Gasteiger partial charge on any atom is -0.367 e. The molecular weight excluding hydrogens is 362 g/mol. The van der Waals surface area contributed by atoms with Crippen molar-refractivity contribution in [3.8, 4) is 0 Å². The molecule has 1 unspecified atom stereocenters. The van der Waals surface area contributed by atoms with Gasteiger partial charge in [0.15, 0.2) is 0 Å². The molecular formula is C24H31N3O2. The van der Waals surface area contributed by atoms with Gasteiger partial charge in [-0.1, -0.05) is 60.7 Å². The molecule has 4 rings (SSSR count). The molecule has 2 aliphatic rings. The van der Waals surface area contributed by atoms with Crippen LogP contribution in [0.5, 0.6) is 0 Å². The summed E-state index contributed by atoms with van der Waals surface area (Å²) >= 11 is 0. The van der Waals surface area contributed by atoms with Gasteiger partial charge < -0.3 is 9.64 Å². The molecule has 0 aliphatic carbocycles. The average Bonchev–Trinajstić information content (AvgIpc) is 3.04. The second kappa shape index (κ2) is 9.08. The lowest BCUT2D eigenvalue weighted by atomic mass is 9.96. The number of hydrogen-bond acceptors (Lipinski definition) is 4. The maximum absolute atomic E-state index is 12.5. The molecule has 0 aromatic heterocycles. The number of amides is 1. The Morgan fingerprint density at radius 3 is 2.31 bits per heavy atom. The van der Waals surface area contributed by atoms with Crippen molar-refractivity contribution in [3.63, 3.8) is 0 Å².